The lowest BCUT2D eigenvalue weighted by Gasteiger charge is -2.15. The van der Waals surface area contributed by atoms with Gasteiger partial charge in [-0.1, -0.05) is 6.07 Å². The van der Waals surface area contributed by atoms with E-state index in [4.69, 9.17) is 9.47 Å². The Balaban J connectivity index is 2.66. The summed E-state index contributed by atoms with van der Waals surface area (Å²) >= 11 is 0. The summed E-state index contributed by atoms with van der Waals surface area (Å²) in [4.78, 5) is 11.7. The minimum absolute atomic E-state index is 0.0502. The van der Waals surface area contributed by atoms with Gasteiger partial charge < -0.3 is 20.1 Å². The third kappa shape index (κ3) is 4.25. The lowest BCUT2D eigenvalue weighted by atomic mass is 10.2. The van der Waals surface area contributed by atoms with E-state index in [1.807, 2.05) is 32.0 Å². The molecule has 0 saturated heterocycles. The second kappa shape index (κ2) is 6.86. The molecule has 1 aromatic rings. The molecule has 0 fully saturated rings. The van der Waals surface area contributed by atoms with Crippen LogP contribution in [0.15, 0.2) is 18.2 Å². The van der Waals surface area contributed by atoms with Gasteiger partial charge in [-0.05, 0) is 31.5 Å². The van der Waals surface area contributed by atoms with Crippen LogP contribution in [-0.4, -0.2) is 32.9 Å². The van der Waals surface area contributed by atoms with Crippen LogP contribution in [0, 0.1) is 6.92 Å². The third-order valence-electron chi connectivity index (χ3n) is 2.40. The number of aryl methyl sites for hydroxylation is 1. The first-order chi connectivity index (χ1) is 8.56. The zero-order chi connectivity index (χ0) is 13.5. The van der Waals surface area contributed by atoms with E-state index in [1.54, 1.807) is 14.2 Å². The molecule has 1 rings (SSSR count). The van der Waals surface area contributed by atoms with Crippen molar-refractivity contribution in [3.63, 3.8) is 0 Å². The van der Waals surface area contributed by atoms with Crippen LogP contribution in [0.3, 0.4) is 0 Å². The third-order valence-corrected chi connectivity index (χ3v) is 2.40. The van der Waals surface area contributed by atoms with Crippen LogP contribution in [0.5, 0.6) is 5.75 Å². The van der Waals surface area contributed by atoms with Crippen molar-refractivity contribution in [3.05, 3.63) is 23.8 Å². The van der Waals surface area contributed by atoms with Crippen molar-refractivity contribution in [1.29, 1.82) is 0 Å². The van der Waals surface area contributed by atoms with Crippen LogP contribution < -0.4 is 15.4 Å². The Hall–Kier alpha value is -1.75. The van der Waals surface area contributed by atoms with Gasteiger partial charge in [0.05, 0.1) is 25.4 Å². The highest BCUT2D eigenvalue weighted by molar-refractivity contribution is 5.91. The zero-order valence-electron chi connectivity index (χ0n) is 11.2. The molecule has 5 heteroatoms. The first kappa shape index (κ1) is 14.3. The number of hydrogen-bond donors (Lipinski definition) is 2. The number of urea groups is 1. The molecule has 5 nitrogen and oxygen atoms in total. The Kier molecular flexibility index (Phi) is 5.45. The quantitative estimate of drug-likeness (QED) is 0.844. The van der Waals surface area contributed by atoms with Crippen LogP contribution in [0.4, 0.5) is 10.5 Å². The largest absolute Gasteiger partial charge is 0.495 e. The molecule has 18 heavy (non-hydrogen) atoms. The van der Waals surface area contributed by atoms with E-state index < -0.39 is 0 Å². The Bertz CT molecular complexity index is 407. The average Bonchev–Trinajstić information content (AvgIpc) is 2.29. The van der Waals surface area contributed by atoms with Gasteiger partial charge in [0.2, 0.25) is 0 Å². The van der Waals surface area contributed by atoms with Gasteiger partial charge in [-0.2, -0.15) is 0 Å². The number of hydrogen-bond acceptors (Lipinski definition) is 3. The van der Waals surface area contributed by atoms with Gasteiger partial charge >= 0.3 is 6.03 Å². The summed E-state index contributed by atoms with van der Waals surface area (Å²) in [7, 11) is 3.17. The van der Waals surface area contributed by atoms with E-state index in [1.165, 1.54) is 0 Å². The van der Waals surface area contributed by atoms with E-state index in [2.05, 4.69) is 10.6 Å². The van der Waals surface area contributed by atoms with Crippen molar-refractivity contribution in [2.75, 3.05) is 26.1 Å². The SMILES string of the molecule is COCC(C)NC(=O)Nc1cc(C)ccc1OC. The number of nitrogens with one attached hydrogen (secondary N) is 2. The van der Waals surface area contributed by atoms with Crippen LogP contribution in [0.2, 0.25) is 0 Å². The second-order valence-corrected chi connectivity index (χ2v) is 4.16. The van der Waals surface area contributed by atoms with Gasteiger partial charge in [-0.25, -0.2) is 4.79 Å². The summed E-state index contributed by atoms with van der Waals surface area (Å²) in [6.07, 6.45) is 0. The van der Waals surface area contributed by atoms with E-state index in [0.717, 1.165) is 5.56 Å². The fraction of sp³-hybridized carbons (Fsp3) is 0.462. The summed E-state index contributed by atoms with van der Waals surface area (Å²) in [5.74, 6) is 0.634. The fourth-order valence-electron chi connectivity index (χ4n) is 1.59. The molecule has 0 bridgehead atoms. The molecular weight excluding hydrogens is 232 g/mol. The molecule has 2 N–H and O–H groups in total. The van der Waals surface area contributed by atoms with Crippen molar-refractivity contribution >= 4 is 11.7 Å². The van der Waals surface area contributed by atoms with Crippen molar-refractivity contribution in [3.8, 4) is 5.75 Å². The summed E-state index contributed by atoms with van der Waals surface area (Å²) in [6, 6.07) is 5.28. The minimum Gasteiger partial charge on any atom is -0.495 e. The molecule has 0 saturated carbocycles. The smallest absolute Gasteiger partial charge is 0.319 e. The van der Waals surface area contributed by atoms with Crippen molar-refractivity contribution < 1.29 is 14.3 Å². The van der Waals surface area contributed by atoms with E-state index in [9.17, 15) is 4.79 Å². The molecule has 1 unspecified atom stereocenters. The molecular formula is C13H20N2O3. The van der Waals surface area contributed by atoms with E-state index in [-0.39, 0.29) is 12.1 Å². The van der Waals surface area contributed by atoms with Crippen LogP contribution in [0.1, 0.15) is 12.5 Å². The van der Waals surface area contributed by atoms with Crippen molar-refractivity contribution in [2.24, 2.45) is 0 Å². The molecule has 0 aromatic heterocycles. The zero-order valence-corrected chi connectivity index (χ0v) is 11.2. The van der Waals surface area contributed by atoms with Crippen LogP contribution in [0.25, 0.3) is 0 Å². The average molecular weight is 252 g/mol. The molecule has 0 spiro atoms. The number of amides is 2. The monoisotopic (exact) mass is 252 g/mol. The predicted molar refractivity (Wildman–Crippen MR) is 71.2 cm³/mol. The minimum atomic E-state index is -0.275. The summed E-state index contributed by atoms with van der Waals surface area (Å²) in [6.45, 7) is 4.30. The van der Waals surface area contributed by atoms with Gasteiger partial charge in [0, 0.05) is 7.11 Å². The lowest BCUT2D eigenvalue weighted by molar-refractivity contribution is 0.173. The molecule has 0 heterocycles. The molecule has 0 aliphatic rings. The predicted octanol–water partition coefficient (Wildman–Crippen LogP) is 2.16. The highest BCUT2D eigenvalue weighted by atomic mass is 16.5. The molecule has 0 aliphatic carbocycles. The van der Waals surface area contributed by atoms with Gasteiger partial charge in [0.25, 0.3) is 0 Å². The molecule has 0 aliphatic heterocycles. The first-order valence-corrected chi connectivity index (χ1v) is 5.78. The highest BCUT2D eigenvalue weighted by Crippen LogP contribution is 2.24. The Labute approximate surface area is 107 Å². The number of ether oxygens (including phenoxy) is 2. The van der Waals surface area contributed by atoms with Gasteiger partial charge in [-0.3, -0.25) is 0 Å². The maximum atomic E-state index is 11.7. The van der Waals surface area contributed by atoms with Gasteiger partial charge in [-0.15, -0.1) is 0 Å². The Morgan fingerprint density at radius 1 is 1.39 bits per heavy atom. The number of rotatable bonds is 5. The second-order valence-electron chi connectivity index (χ2n) is 4.16. The highest BCUT2D eigenvalue weighted by Gasteiger charge is 2.10. The first-order valence-electron chi connectivity index (χ1n) is 5.78. The van der Waals surface area contributed by atoms with Crippen molar-refractivity contribution in [2.45, 2.75) is 19.9 Å². The standard InChI is InChI=1S/C13H20N2O3/c1-9-5-6-12(18-4)11(7-9)15-13(16)14-10(2)8-17-3/h5-7,10H,8H2,1-4H3,(H2,14,15,16). The van der Waals surface area contributed by atoms with E-state index in [0.29, 0.717) is 18.0 Å². The number of carbonyl (C=O) groups excluding carboxylic acids is 1. The van der Waals surface area contributed by atoms with Crippen LogP contribution >= 0.6 is 0 Å². The van der Waals surface area contributed by atoms with E-state index >= 15 is 0 Å². The maximum absolute atomic E-state index is 11.7. The summed E-state index contributed by atoms with van der Waals surface area (Å²) in [5, 5.41) is 5.53. The molecule has 2 amide bonds. The number of carbonyl (C=O) groups is 1. The molecule has 100 valence electrons. The summed E-state index contributed by atoms with van der Waals surface area (Å²) in [5.41, 5.74) is 1.70. The van der Waals surface area contributed by atoms with Gasteiger partial charge in [0.15, 0.2) is 0 Å². The van der Waals surface area contributed by atoms with Crippen LogP contribution in [-0.2, 0) is 4.74 Å². The fourth-order valence-corrected chi connectivity index (χ4v) is 1.59. The molecule has 0 radical (unpaired) electrons. The number of anilines is 1. The lowest BCUT2D eigenvalue weighted by Crippen LogP contribution is -2.38. The Morgan fingerprint density at radius 2 is 2.11 bits per heavy atom. The Morgan fingerprint density at radius 3 is 2.72 bits per heavy atom. The molecule has 1 aromatic carbocycles. The molecule has 1 atom stereocenters. The van der Waals surface area contributed by atoms with Crippen molar-refractivity contribution in [1.82, 2.24) is 5.32 Å². The maximum Gasteiger partial charge on any atom is 0.319 e. The summed E-state index contributed by atoms with van der Waals surface area (Å²) < 4.78 is 10.1. The topological polar surface area (TPSA) is 59.6 Å². The van der Waals surface area contributed by atoms with Gasteiger partial charge in [0.1, 0.15) is 5.75 Å². The normalized spacial score (nSPS) is 11.8. The number of methoxy groups -OCH3 is 2. The number of benzene rings is 1.